The average molecular weight is 220 g/mol. The summed E-state index contributed by atoms with van der Waals surface area (Å²) in [5.74, 6) is 0.980. The van der Waals surface area contributed by atoms with Crippen LogP contribution in [-0.2, 0) is 17.6 Å². The molecule has 0 N–H and O–H groups in total. The molecule has 1 saturated heterocycles. The first kappa shape index (κ1) is 11.5. The van der Waals surface area contributed by atoms with Crippen molar-refractivity contribution >= 4 is 0 Å². The van der Waals surface area contributed by atoms with E-state index in [0.717, 1.165) is 31.6 Å². The fourth-order valence-electron chi connectivity index (χ4n) is 2.18. The molecule has 1 aromatic rings. The summed E-state index contributed by atoms with van der Waals surface area (Å²) in [6, 6.07) is 6.44. The van der Waals surface area contributed by atoms with Crippen LogP contribution in [0.4, 0.5) is 0 Å². The SMILES string of the molecule is CCc1ccc(OC)c(CC2(C)CCO2)c1. The van der Waals surface area contributed by atoms with Gasteiger partial charge in [-0.15, -0.1) is 0 Å². The molecule has 1 aromatic carbocycles. The van der Waals surface area contributed by atoms with Crippen molar-refractivity contribution in [2.24, 2.45) is 0 Å². The molecule has 1 fully saturated rings. The highest BCUT2D eigenvalue weighted by Gasteiger charge is 2.33. The molecule has 0 saturated carbocycles. The summed E-state index contributed by atoms with van der Waals surface area (Å²) in [6.07, 6.45) is 3.16. The lowest BCUT2D eigenvalue weighted by Gasteiger charge is -2.39. The molecule has 1 unspecified atom stereocenters. The second-order valence-corrected chi connectivity index (χ2v) is 4.72. The molecule has 0 radical (unpaired) electrons. The molecule has 0 spiro atoms. The lowest BCUT2D eigenvalue weighted by atomic mass is 9.88. The zero-order valence-electron chi connectivity index (χ0n) is 10.4. The van der Waals surface area contributed by atoms with Crippen molar-refractivity contribution in [3.8, 4) is 5.75 Å². The maximum absolute atomic E-state index is 5.64. The molecule has 1 atom stereocenters. The monoisotopic (exact) mass is 220 g/mol. The van der Waals surface area contributed by atoms with Crippen LogP contribution in [0, 0.1) is 0 Å². The van der Waals surface area contributed by atoms with E-state index >= 15 is 0 Å². The summed E-state index contributed by atoms with van der Waals surface area (Å²) in [7, 11) is 1.73. The van der Waals surface area contributed by atoms with Gasteiger partial charge in [0.1, 0.15) is 5.75 Å². The number of ether oxygens (including phenoxy) is 2. The van der Waals surface area contributed by atoms with Gasteiger partial charge < -0.3 is 9.47 Å². The normalized spacial score (nSPS) is 23.9. The first-order valence-electron chi connectivity index (χ1n) is 5.96. The molecule has 0 bridgehead atoms. The van der Waals surface area contributed by atoms with E-state index in [-0.39, 0.29) is 5.60 Å². The Morgan fingerprint density at radius 1 is 1.44 bits per heavy atom. The van der Waals surface area contributed by atoms with Crippen molar-refractivity contribution in [1.29, 1.82) is 0 Å². The van der Waals surface area contributed by atoms with Crippen LogP contribution in [0.2, 0.25) is 0 Å². The summed E-state index contributed by atoms with van der Waals surface area (Å²) in [5, 5.41) is 0. The minimum absolute atomic E-state index is 0.0274. The van der Waals surface area contributed by atoms with Crippen LogP contribution in [0.15, 0.2) is 18.2 Å². The predicted octanol–water partition coefficient (Wildman–Crippen LogP) is 2.98. The zero-order chi connectivity index (χ0) is 11.6. The second-order valence-electron chi connectivity index (χ2n) is 4.72. The second kappa shape index (κ2) is 4.46. The van der Waals surface area contributed by atoms with Crippen molar-refractivity contribution in [3.05, 3.63) is 29.3 Å². The van der Waals surface area contributed by atoms with E-state index in [2.05, 4.69) is 32.0 Å². The first-order chi connectivity index (χ1) is 7.67. The van der Waals surface area contributed by atoms with Crippen LogP contribution in [0.3, 0.4) is 0 Å². The summed E-state index contributed by atoms with van der Waals surface area (Å²) < 4.78 is 11.0. The largest absolute Gasteiger partial charge is 0.496 e. The number of hydrogen-bond donors (Lipinski definition) is 0. The third-order valence-electron chi connectivity index (χ3n) is 3.40. The lowest BCUT2D eigenvalue weighted by Crippen LogP contribution is -2.42. The average Bonchev–Trinajstić information content (AvgIpc) is 2.27. The van der Waals surface area contributed by atoms with Crippen LogP contribution < -0.4 is 4.74 Å². The Hall–Kier alpha value is -1.02. The van der Waals surface area contributed by atoms with Crippen molar-refractivity contribution in [2.75, 3.05) is 13.7 Å². The number of hydrogen-bond acceptors (Lipinski definition) is 2. The van der Waals surface area contributed by atoms with Gasteiger partial charge >= 0.3 is 0 Å². The van der Waals surface area contributed by atoms with Crippen molar-refractivity contribution < 1.29 is 9.47 Å². The van der Waals surface area contributed by atoms with E-state index in [1.54, 1.807) is 7.11 Å². The van der Waals surface area contributed by atoms with Crippen molar-refractivity contribution in [2.45, 2.75) is 38.7 Å². The number of rotatable bonds is 4. The molecular weight excluding hydrogens is 200 g/mol. The van der Waals surface area contributed by atoms with Gasteiger partial charge in [0.25, 0.3) is 0 Å². The van der Waals surface area contributed by atoms with E-state index in [1.165, 1.54) is 11.1 Å². The Balaban J connectivity index is 2.22. The molecule has 2 rings (SSSR count). The minimum Gasteiger partial charge on any atom is -0.496 e. The van der Waals surface area contributed by atoms with Crippen LogP contribution in [0.5, 0.6) is 5.75 Å². The number of methoxy groups -OCH3 is 1. The van der Waals surface area contributed by atoms with Gasteiger partial charge in [-0.05, 0) is 37.0 Å². The van der Waals surface area contributed by atoms with Crippen LogP contribution >= 0.6 is 0 Å². The molecule has 2 heteroatoms. The maximum atomic E-state index is 5.64. The third kappa shape index (κ3) is 2.22. The van der Waals surface area contributed by atoms with E-state index in [9.17, 15) is 0 Å². The highest BCUT2D eigenvalue weighted by molar-refractivity contribution is 5.38. The van der Waals surface area contributed by atoms with Gasteiger partial charge in [0.15, 0.2) is 0 Å². The summed E-state index contributed by atoms with van der Waals surface area (Å²) >= 11 is 0. The molecule has 16 heavy (non-hydrogen) atoms. The third-order valence-corrected chi connectivity index (χ3v) is 3.40. The standard InChI is InChI=1S/C14H20O2/c1-4-11-5-6-13(15-3)12(9-11)10-14(2)7-8-16-14/h5-6,9H,4,7-8,10H2,1-3H3. The number of aryl methyl sites for hydroxylation is 1. The van der Waals surface area contributed by atoms with Crippen LogP contribution in [-0.4, -0.2) is 19.3 Å². The summed E-state index contributed by atoms with van der Waals surface area (Å²) in [6.45, 7) is 5.24. The Labute approximate surface area is 97.6 Å². The summed E-state index contributed by atoms with van der Waals surface area (Å²) in [4.78, 5) is 0. The van der Waals surface area contributed by atoms with Gasteiger partial charge in [-0.3, -0.25) is 0 Å². The molecule has 88 valence electrons. The molecule has 1 aliphatic rings. The van der Waals surface area contributed by atoms with Gasteiger partial charge in [0.05, 0.1) is 19.3 Å². The smallest absolute Gasteiger partial charge is 0.122 e. The molecule has 0 aromatic heterocycles. The Morgan fingerprint density at radius 2 is 2.19 bits per heavy atom. The minimum atomic E-state index is 0.0274. The van der Waals surface area contributed by atoms with Gasteiger partial charge in [0, 0.05) is 6.42 Å². The molecule has 0 aliphatic carbocycles. The first-order valence-corrected chi connectivity index (χ1v) is 5.96. The maximum Gasteiger partial charge on any atom is 0.122 e. The fourth-order valence-corrected chi connectivity index (χ4v) is 2.18. The Kier molecular flexibility index (Phi) is 3.20. The Morgan fingerprint density at radius 3 is 2.69 bits per heavy atom. The highest BCUT2D eigenvalue weighted by atomic mass is 16.5. The van der Waals surface area contributed by atoms with E-state index in [0.29, 0.717) is 0 Å². The predicted molar refractivity (Wildman–Crippen MR) is 65.1 cm³/mol. The number of benzene rings is 1. The van der Waals surface area contributed by atoms with Crippen LogP contribution in [0.25, 0.3) is 0 Å². The van der Waals surface area contributed by atoms with Gasteiger partial charge in [-0.1, -0.05) is 19.1 Å². The van der Waals surface area contributed by atoms with Gasteiger partial charge in [-0.2, -0.15) is 0 Å². The van der Waals surface area contributed by atoms with Crippen molar-refractivity contribution in [3.63, 3.8) is 0 Å². The molecule has 2 nitrogen and oxygen atoms in total. The lowest BCUT2D eigenvalue weighted by molar-refractivity contribution is -0.133. The van der Waals surface area contributed by atoms with Crippen LogP contribution in [0.1, 0.15) is 31.4 Å². The molecule has 1 aliphatic heterocycles. The summed E-state index contributed by atoms with van der Waals surface area (Å²) in [5.41, 5.74) is 2.65. The zero-order valence-corrected chi connectivity index (χ0v) is 10.4. The topological polar surface area (TPSA) is 18.5 Å². The molecular formula is C14H20O2. The molecule has 1 heterocycles. The van der Waals surface area contributed by atoms with Gasteiger partial charge in [0.2, 0.25) is 0 Å². The quantitative estimate of drug-likeness (QED) is 0.776. The van der Waals surface area contributed by atoms with Crippen molar-refractivity contribution in [1.82, 2.24) is 0 Å². The van der Waals surface area contributed by atoms with Gasteiger partial charge in [-0.25, -0.2) is 0 Å². The van der Waals surface area contributed by atoms with E-state index in [1.807, 2.05) is 0 Å². The fraction of sp³-hybridized carbons (Fsp3) is 0.571. The Bertz CT molecular complexity index is 367. The van der Waals surface area contributed by atoms with E-state index in [4.69, 9.17) is 9.47 Å². The molecule has 0 amide bonds. The highest BCUT2D eigenvalue weighted by Crippen LogP contribution is 2.33. The van der Waals surface area contributed by atoms with E-state index < -0.39 is 0 Å².